The molecule has 90 valence electrons. The van der Waals surface area contributed by atoms with Crippen molar-refractivity contribution in [3.8, 4) is 0 Å². The number of aliphatic carboxylic acids is 1. The van der Waals surface area contributed by atoms with E-state index in [2.05, 4.69) is 5.32 Å². The number of hydrogen-bond donors (Lipinski definition) is 2. The summed E-state index contributed by atoms with van der Waals surface area (Å²) in [6, 6.07) is 0. The van der Waals surface area contributed by atoms with Crippen molar-refractivity contribution in [2.75, 3.05) is 20.3 Å². The SMILES string of the molecule is CCCNC(CC)(CCCOC)C(=O)O. The molecule has 4 heteroatoms. The fourth-order valence-electron chi connectivity index (χ4n) is 1.61. The zero-order chi connectivity index (χ0) is 11.7. The van der Waals surface area contributed by atoms with Gasteiger partial charge in [-0.1, -0.05) is 13.8 Å². The Morgan fingerprint density at radius 3 is 2.53 bits per heavy atom. The van der Waals surface area contributed by atoms with Crippen LogP contribution in [0.15, 0.2) is 0 Å². The molecular weight excluding hydrogens is 194 g/mol. The van der Waals surface area contributed by atoms with Crippen LogP contribution in [0.2, 0.25) is 0 Å². The van der Waals surface area contributed by atoms with Crippen molar-refractivity contribution in [3.05, 3.63) is 0 Å². The Morgan fingerprint density at radius 1 is 1.47 bits per heavy atom. The van der Waals surface area contributed by atoms with Crippen LogP contribution in [-0.2, 0) is 9.53 Å². The number of carbonyl (C=O) groups is 1. The second-order valence-corrected chi connectivity index (χ2v) is 3.76. The van der Waals surface area contributed by atoms with Crippen LogP contribution in [-0.4, -0.2) is 36.9 Å². The number of carboxylic acid groups (broad SMARTS) is 1. The van der Waals surface area contributed by atoms with Crippen LogP contribution >= 0.6 is 0 Å². The molecule has 0 amide bonds. The van der Waals surface area contributed by atoms with Gasteiger partial charge in [-0.2, -0.15) is 0 Å². The molecule has 1 atom stereocenters. The number of rotatable bonds is 9. The summed E-state index contributed by atoms with van der Waals surface area (Å²) in [5, 5.41) is 12.4. The summed E-state index contributed by atoms with van der Waals surface area (Å²) in [4.78, 5) is 11.2. The molecule has 0 saturated carbocycles. The van der Waals surface area contributed by atoms with Crippen LogP contribution in [0, 0.1) is 0 Å². The van der Waals surface area contributed by atoms with E-state index in [0.29, 0.717) is 19.4 Å². The lowest BCUT2D eigenvalue weighted by Gasteiger charge is -2.29. The molecule has 0 fully saturated rings. The maximum Gasteiger partial charge on any atom is 0.323 e. The van der Waals surface area contributed by atoms with E-state index in [1.165, 1.54) is 0 Å². The topological polar surface area (TPSA) is 58.6 Å². The molecule has 0 saturated heterocycles. The third-order valence-corrected chi connectivity index (χ3v) is 2.68. The molecule has 15 heavy (non-hydrogen) atoms. The first-order valence-electron chi connectivity index (χ1n) is 5.60. The van der Waals surface area contributed by atoms with Gasteiger partial charge in [-0.15, -0.1) is 0 Å². The zero-order valence-electron chi connectivity index (χ0n) is 10.0. The average Bonchev–Trinajstić information content (AvgIpc) is 2.23. The molecule has 0 aromatic heterocycles. The molecule has 0 heterocycles. The molecule has 4 nitrogen and oxygen atoms in total. The fourth-order valence-corrected chi connectivity index (χ4v) is 1.61. The van der Waals surface area contributed by atoms with Crippen LogP contribution in [0.1, 0.15) is 39.5 Å². The van der Waals surface area contributed by atoms with Gasteiger partial charge >= 0.3 is 5.97 Å². The summed E-state index contributed by atoms with van der Waals surface area (Å²) in [6.45, 7) is 5.30. The lowest BCUT2D eigenvalue weighted by atomic mass is 9.90. The van der Waals surface area contributed by atoms with Gasteiger partial charge in [0.1, 0.15) is 5.54 Å². The second kappa shape index (κ2) is 7.65. The minimum atomic E-state index is -0.769. The number of nitrogens with one attached hydrogen (secondary N) is 1. The number of methoxy groups -OCH3 is 1. The van der Waals surface area contributed by atoms with Gasteiger partial charge in [0.15, 0.2) is 0 Å². The summed E-state index contributed by atoms with van der Waals surface area (Å²) >= 11 is 0. The van der Waals surface area contributed by atoms with Crippen molar-refractivity contribution in [1.29, 1.82) is 0 Å². The van der Waals surface area contributed by atoms with Gasteiger partial charge in [-0.25, -0.2) is 0 Å². The van der Waals surface area contributed by atoms with Gasteiger partial charge in [0.2, 0.25) is 0 Å². The van der Waals surface area contributed by atoms with E-state index in [1.54, 1.807) is 7.11 Å². The Hall–Kier alpha value is -0.610. The third-order valence-electron chi connectivity index (χ3n) is 2.68. The van der Waals surface area contributed by atoms with Crippen LogP contribution in [0.4, 0.5) is 0 Å². The first kappa shape index (κ1) is 14.4. The van der Waals surface area contributed by atoms with Crippen LogP contribution in [0.3, 0.4) is 0 Å². The normalized spacial score (nSPS) is 14.9. The van der Waals surface area contributed by atoms with Crippen molar-refractivity contribution in [2.24, 2.45) is 0 Å². The minimum Gasteiger partial charge on any atom is -0.480 e. The van der Waals surface area contributed by atoms with E-state index >= 15 is 0 Å². The maximum atomic E-state index is 11.2. The largest absolute Gasteiger partial charge is 0.480 e. The van der Waals surface area contributed by atoms with Gasteiger partial charge in [-0.05, 0) is 32.2 Å². The summed E-state index contributed by atoms with van der Waals surface area (Å²) in [6.07, 6.45) is 2.94. The van der Waals surface area contributed by atoms with Gasteiger partial charge in [0.05, 0.1) is 0 Å². The summed E-state index contributed by atoms with van der Waals surface area (Å²) in [7, 11) is 1.63. The highest BCUT2D eigenvalue weighted by Gasteiger charge is 2.34. The average molecular weight is 217 g/mol. The van der Waals surface area contributed by atoms with Crippen molar-refractivity contribution in [2.45, 2.75) is 45.1 Å². The monoisotopic (exact) mass is 217 g/mol. The Balaban J connectivity index is 4.30. The number of ether oxygens (including phenoxy) is 1. The molecule has 0 rings (SSSR count). The minimum absolute atomic E-state index is 0.603. The lowest BCUT2D eigenvalue weighted by molar-refractivity contribution is -0.145. The lowest BCUT2D eigenvalue weighted by Crippen LogP contribution is -2.52. The molecule has 0 aliphatic carbocycles. The van der Waals surface area contributed by atoms with Crippen molar-refractivity contribution in [3.63, 3.8) is 0 Å². The molecule has 0 spiro atoms. The van der Waals surface area contributed by atoms with E-state index in [0.717, 1.165) is 19.4 Å². The Morgan fingerprint density at radius 2 is 2.13 bits per heavy atom. The Bertz CT molecular complexity index is 185. The third kappa shape index (κ3) is 4.62. The van der Waals surface area contributed by atoms with Crippen LogP contribution in [0.5, 0.6) is 0 Å². The first-order chi connectivity index (χ1) is 7.13. The highest BCUT2D eigenvalue weighted by Crippen LogP contribution is 2.18. The second-order valence-electron chi connectivity index (χ2n) is 3.76. The summed E-state index contributed by atoms with van der Waals surface area (Å²) in [5.41, 5.74) is -0.769. The van der Waals surface area contributed by atoms with Gasteiger partial charge in [0.25, 0.3) is 0 Å². The fraction of sp³-hybridized carbons (Fsp3) is 0.909. The van der Waals surface area contributed by atoms with E-state index in [-0.39, 0.29) is 0 Å². The maximum absolute atomic E-state index is 11.2. The summed E-state index contributed by atoms with van der Waals surface area (Å²) in [5.74, 6) is -0.755. The Kier molecular flexibility index (Phi) is 7.34. The van der Waals surface area contributed by atoms with Gasteiger partial charge in [0, 0.05) is 13.7 Å². The van der Waals surface area contributed by atoms with E-state index in [4.69, 9.17) is 4.74 Å². The molecule has 0 aromatic rings. The van der Waals surface area contributed by atoms with Gasteiger partial charge < -0.3 is 15.2 Å². The van der Waals surface area contributed by atoms with Crippen LogP contribution in [0.25, 0.3) is 0 Å². The number of carboxylic acids is 1. The zero-order valence-corrected chi connectivity index (χ0v) is 10.0. The highest BCUT2D eigenvalue weighted by atomic mass is 16.5. The number of hydrogen-bond acceptors (Lipinski definition) is 3. The van der Waals surface area contributed by atoms with E-state index in [1.807, 2.05) is 13.8 Å². The van der Waals surface area contributed by atoms with Gasteiger partial charge in [-0.3, -0.25) is 4.79 Å². The van der Waals surface area contributed by atoms with Crippen molar-refractivity contribution in [1.82, 2.24) is 5.32 Å². The molecule has 0 aliphatic rings. The molecule has 0 aromatic carbocycles. The van der Waals surface area contributed by atoms with E-state index < -0.39 is 11.5 Å². The van der Waals surface area contributed by atoms with Crippen LogP contribution < -0.4 is 5.32 Å². The standard InChI is InChI=1S/C11H23NO3/c1-4-8-12-11(5-2,10(13)14)7-6-9-15-3/h12H,4-9H2,1-3H3,(H,13,14). The van der Waals surface area contributed by atoms with E-state index in [9.17, 15) is 9.90 Å². The quantitative estimate of drug-likeness (QED) is 0.576. The highest BCUT2D eigenvalue weighted by molar-refractivity contribution is 5.78. The predicted molar refractivity (Wildman–Crippen MR) is 60.1 cm³/mol. The smallest absolute Gasteiger partial charge is 0.323 e. The molecular formula is C11H23NO3. The van der Waals surface area contributed by atoms with Crippen molar-refractivity contribution < 1.29 is 14.6 Å². The summed E-state index contributed by atoms with van der Waals surface area (Å²) < 4.78 is 4.95. The first-order valence-corrected chi connectivity index (χ1v) is 5.60. The molecule has 2 N–H and O–H groups in total. The predicted octanol–water partition coefficient (Wildman–Crippen LogP) is 1.65. The molecule has 0 radical (unpaired) electrons. The Labute approximate surface area is 92.0 Å². The molecule has 1 unspecified atom stereocenters. The van der Waals surface area contributed by atoms with Crippen molar-refractivity contribution >= 4 is 5.97 Å². The molecule has 0 bridgehead atoms. The molecule has 0 aliphatic heterocycles.